The SMILES string of the molecule is CCCCCCCCCCOC(OC(OCCCCCCCCCC)C(OCCCCCCC)=C(CCCCCCCCCC)OCCCCCCC)C(OCCCCCCC)=C(CCCCCCCCCC)OCCCCCCC. The van der Waals surface area contributed by atoms with Crippen LogP contribution in [0.25, 0.3) is 0 Å². The number of hydrogen-bond acceptors (Lipinski definition) is 7. The van der Waals surface area contributed by atoms with Crippen LogP contribution in [0.4, 0.5) is 0 Å². The Labute approximate surface area is 508 Å². The first-order valence-corrected chi connectivity index (χ1v) is 36.9. The summed E-state index contributed by atoms with van der Waals surface area (Å²) in [6.07, 6.45) is 63.9. The Kier molecular flexibility index (Phi) is 66.5. The van der Waals surface area contributed by atoms with Crippen LogP contribution in [0.5, 0.6) is 0 Å². The molecule has 0 aliphatic rings. The van der Waals surface area contributed by atoms with E-state index in [0.717, 1.165) is 113 Å². The fourth-order valence-corrected chi connectivity index (χ4v) is 10.8. The highest BCUT2D eigenvalue weighted by Gasteiger charge is 2.32. The van der Waals surface area contributed by atoms with Gasteiger partial charge in [-0.05, 0) is 51.4 Å². The minimum Gasteiger partial charge on any atom is -0.494 e. The molecular formula is C74H146O7. The van der Waals surface area contributed by atoms with Crippen LogP contribution in [0.3, 0.4) is 0 Å². The second-order valence-electron chi connectivity index (χ2n) is 24.6. The molecule has 0 aromatic rings. The molecule has 2 atom stereocenters. The number of allylic oxidation sites excluding steroid dienone is 2. The molecule has 7 heteroatoms. The molecule has 0 aromatic heterocycles. The van der Waals surface area contributed by atoms with Crippen molar-refractivity contribution in [2.24, 2.45) is 0 Å². The van der Waals surface area contributed by atoms with Gasteiger partial charge in [-0.3, -0.25) is 0 Å². The van der Waals surface area contributed by atoms with Gasteiger partial charge in [-0.2, -0.15) is 0 Å². The largest absolute Gasteiger partial charge is 0.494 e. The zero-order valence-corrected chi connectivity index (χ0v) is 56.4. The average Bonchev–Trinajstić information content (AvgIpc) is 3.49. The third-order valence-corrected chi connectivity index (χ3v) is 16.3. The van der Waals surface area contributed by atoms with Crippen molar-refractivity contribution in [3.63, 3.8) is 0 Å². The van der Waals surface area contributed by atoms with Crippen LogP contribution in [-0.4, -0.2) is 52.2 Å². The Hall–Kier alpha value is -1.44. The summed E-state index contributed by atoms with van der Waals surface area (Å²) in [4.78, 5) is 0. The van der Waals surface area contributed by atoms with E-state index in [1.165, 1.54) is 257 Å². The molecule has 2 unspecified atom stereocenters. The lowest BCUT2D eigenvalue weighted by Crippen LogP contribution is -2.34. The summed E-state index contributed by atoms with van der Waals surface area (Å²) in [6.45, 7) is 22.2. The molecule has 0 aliphatic heterocycles. The number of hydrogen-bond donors (Lipinski definition) is 0. The van der Waals surface area contributed by atoms with Gasteiger partial charge in [0.05, 0.1) is 39.6 Å². The molecule has 0 saturated carbocycles. The Morgan fingerprint density at radius 1 is 0.198 bits per heavy atom. The van der Waals surface area contributed by atoms with Crippen molar-refractivity contribution < 1.29 is 33.2 Å². The first-order chi connectivity index (χ1) is 40.1. The van der Waals surface area contributed by atoms with E-state index in [2.05, 4.69) is 55.4 Å². The summed E-state index contributed by atoms with van der Waals surface area (Å²) >= 11 is 0. The molecule has 0 heterocycles. The van der Waals surface area contributed by atoms with Crippen molar-refractivity contribution in [3.05, 3.63) is 23.0 Å². The molecule has 0 aliphatic carbocycles. The van der Waals surface area contributed by atoms with Crippen molar-refractivity contribution >= 4 is 0 Å². The van der Waals surface area contributed by atoms with Crippen molar-refractivity contribution in [1.29, 1.82) is 0 Å². The second kappa shape index (κ2) is 67.7. The highest BCUT2D eigenvalue weighted by atomic mass is 16.8. The molecule has 0 fully saturated rings. The Morgan fingerprint density at radius 3 is 0.617 bits per heavy atom. The quantitative estimate of drug-likeness (QED) is 0.0342. The Bertz CT molecular complexity index is 1170. The summed E-state index contributed by atoms with van der Waals surface area (Å²) in [5, 5.41) is 0. The van der Waals surface area contributed by atoms with Gasteiger partial charge in [0.2, 0.25) is 12.6 Å². The van der Waals surface area contributed by atoms with Gasteiger partial charge in [-0.15, -0.1) is 0 Å². The van der Waals surface area contributed by atoms with Gasteiger partial charge in [0.15, 0.2) is 11.5 Å². The molecule has 0 bridgehead atoms. The van der Waals surface area contributed by atoms with Crippen LogP contribution < -0.4 is 0 Å². The molecule has 7 nitrogen and oxygen atoms in total. The first kappa shape index (κ1) is 79.6. The standard InChI is InChI=1S/C74H146O7/c1-9-17-25-33-37-41-45-53-61-69(75-63-55-47-29-21-13-5)71(77-65-57-49-31-23-15-7)73(79-67-59-51-43-39-35-27-19-11-3)81-74(80-68-60-52-44-40-36-28-20-12-4)72(78-66-58-50-32-24-16-8)70(76-64-56-48-30-22-14-6)62-54-46-42-38-34-26-18-10-2/h73-74H,9-68H2,1-8H3. The molecule has 0 saturated heterocycles. The number of rotatable bonds is 70. The van der Waals surface area contributed by atoms with E-state index in [4.69, 9.17) is 33.2 Å². The second-order valence-corrected chi connectivity index (χ2v) is 24.6. The maximum Gasteiger partial charge on any atom is 0.223 e. The van der Waals surface area contributed by atoms with Gasteiger partial charge in [0.25, 0.3) is 0 Å². The summed E-state index contributed by atoms with van der Waals surface area (Å²) in [5.41, 5.74) is 0. The zero-order valence-electron chi connectivity index (χ0n) is 56.4. The van der Waals surface area contributed by atoms with E-state index in [1.807, 2.05) is 0 Å². The van der Waals surface area contributed by atoms with Gasteiger partial charge >= 0.3 is 0 Å². The summed E-state index contributed by atoms with van der Waals surface area (Å²) < 4.78 is 50.4. The number of ether oxygens (including phenoxy) is 7. The Morgan fingerprint density at radius 2 is 0.383 bits per heavy atom. The smallest absolute Gasteiger partial charge is 0.223 e. The van der Waals surface area contributed by atoms with Crippen molar-refractivity contribution in [2.45, 2.75) is 415 Å². The lowest BCUT2D eigenvalue weighted by atomic mass is 10.1. The summed E-state index contributed by atoms with van der Waals surface area (Å²) in [7, 11) is 0. The highest BCUT2D eigenvalue weighted by molar-refractivity contribution is 5.09. The molecular weight excluding hydrogens is 1000 g/mol. The molecule has 0 radical (unpaired) electrons. The van der Waals surface area contributed by atoms with Crippen LogP contribution in [0.15, 0.2) is 23.0 Å². The number of unbranched alkanes of at least 4 members (excludes halogenated alkanes) is 44. The fourth-order valence-electron chi connectivity index (χ4n) is 10.8. The molecule has 0 amide bonds. The van der Waals surface area contributed by atoms with Crippen LogP contribution >= 0.6 is 0 Å². The van der Waals surface area contributed by atoms with Gasteiger partial charge in [0.1, 0.15) is 11.5 Å². The normalized spacial score (nSPS) is 13.1. The summed E-state index contributed by atoms with van der Waals surface area (Å²) in [5.74, 6) is 3.33. The molecule has 0 spiro atoms. The molecule has 81 heavy (non-hydrogen) atoms. The van der Waals surface area contributed by atoms with Gasteiger partial charge in [-0.25, -0.2) is 0 Å². The van der Waals surface area contributed by atoms with E-state index in [0.29, 0.717) is 39.6 Å². The molecule has 0 N–H and O–H groups in total. The fraction of sp³-hybridized carbons (Fsp3) is 0.946. The predicted octanol–water partition coefficient (Wildman–Crippen LogP) is 25.4. The maximum absolute atomic E-state index is 7.59. The minimum absolute atomic E-state index is 0.590. The molecule has 0 aromatic carbocycles. The van der Waals surface area contributed by atoms with E-state index < -0.39 is 12.6 Å². The third kappa shape index (κ3) is 53.7. The monoisotopic (exact) mass is 1150 g/mol. The topological polar surface area (TPSA) is 64.6 Å². The van der Waals surface area contributed by atoms with Crippen LogP contribution in [0.1, 0.15) is 402 Å². The van der Waals surface area contributed by atoms with Crippen molar-refractivity contribution in [1.82, 2.24) is 0 Å². The van der Waals surface area contributed by atoms with Gasteiger partial charge < -0.3 is 33.2 Å². The maximum atomic E-state index is 7.59. The van der Waals surface area contributed by atoms with Gasteiger partial charge in [-0.1, -0.05) is 338 Å². The van der Waals surface area contributed by atoms with E-state index in [9.17, 15) is 0 Å². The van der Waals surface area contributed by atoms with Crippen molar-refractivity contribution in [2.75, 3.05) is 39.6 Å². The van der Waals surface area contributed by atoms with E-state index in [1.54, 1.807) is 0 Å². The van der Waals surface area contributed by atoms with E-state index >= 15 is 0 Å². The van der Waals surface area contributed by atoms with E-state index in [-0.39, 0.29) is 0 Å². The molecule has 484 valence electrons. The van der Waals surface area contributed by atoms with Crippen LogP contribution in [0, 0.1) is 0 Å². The first-order valence-electron chi connectivity index (χ1n) is 36.9. The lowest BCUT2D eigenvalue weighted by molar-refractivity contribution is -0.243. The Balaban J connectivity index is 7.88. The lowest BCUT2D eigenvalue weighted by Gasteiger charge is -2.31. The zero-order chi connectivity index (χ0) is 58.8. The van der Waals surface area contributed by atoms with Crippen LogP contribution in [0.2, 0.25) is 0 Å². The average molecular weight is 1150 g/mol. The van der Waals surface area contributed by atoms with Crippen LogP contribution in [-0.2, 0) is 33.2 Å². The predicted molar refractivity (Wildman–Crippen MR) is 353 cm³/mol. The third-order valence-electron chi connectivity index (χ3n) is 16.3. The van der Waals surface area contributed by atoms with Crippen molar-refractivity contribution in [3.8, 4) is 0 Å². The highest BCUT2D eigenvalue weighted by Crippen LogP contribution is 2.30. The minimum atomic E-state index is -0.806. The van der Waals surface area contributed by atoms with Gasteiger partial charge in [0, 0.05) is 12.8 Å². The summed E-state index contributed by atoms with van der Waals surface area (Å²) in [6, 6.07) is 0. The molecule has 0 rings (SSSR count).